The molecular weight excluding hydrogens is 198 g/mol. The van der Waals surface area contributed by atoms with E-state index in [0.717, 1.165) is 18.2 Å². The first-order valence-corrected chi connectivity index (χ1v) is 6.46. The molecule has 0 saturated heterocycles. The number of aromatic nitrogens is 2. The first kappa shape index (κ1) is 11.6. The van der Waals surface area contributed by atoms with Gasteiger partial charge in [0.25, 0.3) is 0 Å². The highest BCUT2D eigenvalue weighted by atomic mass is 15.3. The van der Waals surface area contributed by atoms with Crippen molar-refractivity contribution in [3.8, 4) is 0 Å². The molecule has 1 aromatic heterocycles. The van der Waals surface area contributed by atoms with Gasteiger partial charge in [-0.1, -0.05) is 12.8 Å². The fourth-order valence-electron chi connectivity index (χ4n) is 2.35. The van der Waals surface area contributed by atoms with Crippen LogP contribution in [0.3, 0.4) is 0 Å². The molecule has 1 unspecified atom stereocenters. The molecule has 3 nitrogen and oxygen atoms in total. The van der Waals surface area contributed by atoms with Crippen molar-refractivity contribution in [1.82, 2.24) is 15.1 Å². The highest BCUT2D eigenvalue weighted by molar-refractivity contribution is 5.13. The van der Waals surface area contributed by atoms with Crippen molar-refractivity contribution in [1.29, 1.82) is 0 Å². The van der Waals surface area contributed by atoms with Gasteiger partial charge in [-0.25, -0.2) is 0 Å². The van der Waals surface area contributed by atoms with E-state index in [-0.39, 0.29) is 0 Å². The van der Waals surface area contributed by atoms with E-state index in [4.69, 9.17) is 0 Å². The minimum atomic E-state index is 0.474. The molecule has 0 spiro atoms. The zero-order valence-corrected chi connectivity index (χ0v) is 10.7. The Labute approximate surface area is 98.2 Å². The molecule has 3 heteroatoms. The van der Waals surface area contributed by atoms with Crippen molar-refractivity contribution in [3.63, 3.8) is 0 Å². The van der Waals surface area contributed by atoms with E-state index in [1.165, 1.54) is 31.4 Å². The van der Waals surface area contributed by atoms with Gasteiger partial charge in [0.15, 0.2) is 0 Å². The van der Waals surface area contributed by atoms with Gasteiger partial charge in [-0.2, -0.15) is 5.10 Å². The van der Waals surface area contributed by atoms with Crippen LogP contribution in [0.2, 0.25) is 0 Å². The lowest BCUT2D eigenvalue weighted by Crippen LogP contribution is -2.20. The smallest absolute Gasteiger partial charge is 0.0597 e. The van der Waals surface area contributed by atoms with Crippen LogP contribution in [-0.2, 0) is 6.54 Å². The van der Waals surface area contributed by atoms with Gasteiger partial charge >= 0.3 is 0 Å². The van der Waals surface area contributed by atoms with E-state index in [9.17, 15) is 0 Å². The van der Waals surface area contributed by atoms with Crippen LogP contribution < -0.4 is 5.32 Å². The maximum Gasteiger partial charge on any atom is 0.0597 e. The van der Waals surface area contributed by atoms with Crippen LogP contribution >= 0.6 is 0 Å². The van der Waals surface area contributed by atoms with Gasteiger partial charge < -0.3 is 5.32 Å². The van der Waals surface area contributed by atoms with Crippen LogP contribution in [0.5, 0.6) is 0 Å². The van der Waals surface area contributed by atoms with Crippen LogP contribution in [0.25, 0.3) is 0 Å². The van der Waals surface area contributed by atoms with Crippen LogP contribution in [-0.4, -0.2) is 16.8 Å². The first-order valence-electron chi connectivity index (χ1n) is 6.46. The second-order valence-electron chi connectivity index (χ2n) is 4.89. The number of hydrogen-bond donors (Lipinski definition) is 1. The van der Waals surface area contributed by atoms with Crippen LogP contribution in [0.15, 0.2) is 6.07 Å². The molecule has 90 valence electrons. The average Bonchev–Trinajstić information content (AvgIpc) is 3.02. The fraction of sp³-hybridized carbons (Fsp3) is 0.769. The summed E-state index contributed by atoms with van der Waals surface area (Å²) in [5, 5.41) is 7.95. The van der Waals surface area contributed by atoms with E-state index in [1.807, 2.05) is 0 Å². The van der Waals surface area contributed by atoms with Crippen molar-refractivity contribution in [3.05, 3.63) is 17.5 Å². The Hall–Kier alpha value is -0.830. The fourth-order valence-corrected chi connectivity index (χ4v) is 2.35. The predicted octanol–water partition coefficient (Wildman–Crippen LogP) is 2.66. The Balaban J connectivity index is 2.04. The lowest BCUT2D eigenvalue weighted by atomic mass is 10.1. The molecule has 0 aliphatic heterocycles. The molecule has 1 atom stereocenters. The third-order valence-corrected chi connectivity index (χ3v) is 3.50. The Morgan fingerprint density at radius 1 is 1.56 bits per heavy atom. The number of aryl methyl sites for hydroxylation is 2. The molecule has 1 heterocycles. The van der Waals surface area contributed by atoms with Crippen LogP contribution in [0.1, 0.15) is 50.0 Å². The standard InChI is InChI=1S/C13H23N3/c1-4-16-13(9-10(2)15-16)12(14-3)8-7-11-5-6-11/h9,11-12,14H,4-8H2,1-3H3. The third kappa shape index (κ3) is 2.64. The summed E-state index contributed by atoms with van der Waals surface area (Å²) in [5.74, 6) is 1.01. The maximum atomic E-state index is 4.52. The molecule has 1 saturated carbocycles. The molecule has 1 N–H and O–H groups in total. The summed E-state index contributed by atoms with van der Waals surface area (Å²) in [7, 11) is 2.06. The van der Waals surface area contributed by atoms with Crippen molar-refractivity contribution in [2.75, 3.05) is 7.05 Å². The van der Waals surface area contributed by atoms with Gasteiger partial charge in [-0.3, -0.25) is 4.68 Å². The molecule has 1 aliphatic rings. The largest absolute Gasteiger partial charge is 0.312 e. The number of rotatable bonds is 6. The summed E-state index contributed by atoms with van der Waals surface area (Å²) in [5.41, 5.74) is 2.48. The molecule has 1 aliphatic carbocycles. The van der Waals surface area contributed by atoms with E-state index < -0.39 is 0 Å². The maximum absolute atomic E-state index is 4.52. The molecule has 1 fully saturated rings. The molecular formula is C13H23N3. The summed E-state index contributed by atoms with van der Waals surface area (Å²) < 4.78 is 2.13. The predicted molar refractivity (Wildman–Crippen MR) is 66.4 cm³/mol. The summed E-state index contributed by atoms with van der Waals surface area (Å²) in [6.45, 7) is 5.19. The number of nitrogens with one attached hydrogen (secondary N) is 1. The zero-order valence-electron chi connectivity index (χ0n) is 10.7. The Morgan fingerprint density at radius 2 is 2.31 bits per heavy atom. The SMILES string of the molecule is CCn1nc(C)cc1C(CCC1CC1)NC. The quantitative estimate of drug-likeness (QED) is 0.800. The summed E-state index contributed by atoms with van der Waals surface area (Å²) >= 11 is 0. The van der Waals surface area contributed by atoms with E-state index >= 15 is 0 Å². The lowest BCUT2D eigenvalue weighted by Gasteiger charge is -2.17. The van der Waals surface area contributed by atoms with Gasteiger partial charge in [0.05, 0.1) is 11.4 Å². The molecule has 16 heavy (non-hydrogen) atoms. The number of nitrogens with zero attached hydrogens (tertiary/aromatic N) is 2. The summed E-state index contributed by atoms with van der Waals surface area (Å²) in [6, 6.07) is 2.69. The van der Waals surface area contributed by atoms with Gasteiger partial charge in [0, 0.05) is 12.6 Å². The minimum Gasteiger partial charge on any atom is -0.312 e. The zero-order chi connectivity index (χ0) is 11.5. The van der Waals surface area contributed by atoms with Crippen LogP contribution in [0, 0.1) is 12.8 Å². The van der Waals surface area contributed by atoms with Crippen molar-refractivity contribution in [2.24, 2.45) is 5.92 Å². The third-order valence-electron chi connectivity index (χ3n) is 3.50. The molecule has 0 aromatic carbocycles. The van der Waals surface area contributed by atoms with Gasteiger partial charge in [0.1, 0.15) is 0 Å². The summed E-state index contributed by atoms with van der Waals surface area (Å²) in [4.78, 5) is 0. The first-order chi connectivity index (χ1) is 7.74. The highest BCUT2D eigenvalue weighted by Crippen LogP contribution is 2.35. The monoisotopic (exact) mass is 221 g/mol. The molecule has 0 bridgehead atoms. The second kappa shape index (κ2) is 5.00. The highest BCUT2D eigenvalue weighted by Gasteiger charge is 2.23. The van der Waals surface area contributed by atoms with Gasteiger partial charge in [-0.05, 0) is 45.7 Å². The normalized spacial score (nSPS) is 17.7. The van der Waals surface area contributed by atoms with Gasteiger partial charge in [0.2, 0.25) is 0 Å². The number of hydrogen-bond acceptors (Lipinski definition) is 2. The Kier molecular flexibility index (Phi) is 3.64. The molecule has 2 rings (SSSR count). The molecule has 1 aromatic rings. The van der Waals surface area contributed by atoms with E-state index in [2.05, 4.69) is 42.1 Å². The molecule has 0 radical (unpaired) electrons. The lowest BCUT2D eigenvalue weighted by molar-refractivity contribution is 0.463. The van der Waals surface area contributed by atoms with Gasteiger partial charge in [-0.15, -0.1) is 0 Å². The van der Waals surface area contributed by atoms with E-state index in [1.54, 1.807) is 0 Å². The average molecular weight is 221 g/mol. The van der Waals surface area contributed by atoms with Crippen molar-refractivity contribution >= 4 is 0 Å². The second-order valence-corrected chi connectivity index (χ2v) is 4.89. The molecule has 0 amide bonds. The van der Waals surface area contributed by atoms with E-state index in [0.29, 0.717) is 6.04 Å². The van der Waals surface area contributed by atoms with Crippen LogP contribution in [0.4, 0.5) is 0 Å². The Bertz CT molecular complexity index is 339. The van der Waals surface area contributed by atoms with Crippen molar-refractivity contribution in [2.45, 2.75) is 52.1 Å². The minimum absolute atomic E-state index is 0.474. The van der Waals surface area contributed by atoms with Crippen molar-refractivity contribution < 1.29 is 0 Å². The topological polar surface area (TPSA) is 29.9 Å². The Morgan fingerprint density at radius 3 is 2.88 bits per heavy atom. The summed E-state index contributed by atoms with van der Waals surface area (Å²) in [6.07, 6.45) is 5.50.